The highest BCUT2D eigenvalue weighted by Gasteiger charge is 2.20. The Morgan fingerprint density at radius 3 is 2.26 bits per heavy atom. The van der Waals surface area contributed by atoms with E-state index in [1.807, 2.05) is 36.7 Å². The molecular formula is C18H22N8O. The van der Waals surface area contributed by atoms with Crippen molar-refractivity contribution < 1.29 is 4.74 Å². The van der Waals surface area contributed by atoms with Crippen molar-refractivity contribution in [1.82, 2.24) is 29.9 Å². The van der Waals surface area contributed by atoms with Gasteiger partial charge in [0.05, 0.1) is 12.8 Å². The summed E-state index contributed by atoms with van der Waals surface area (Å²) >= 11 is 0. The van der Waals surface area contributed by atoms with E-state index in [0.717, 1.165) is 49.2 Å². The molecule has 9 nitrogen and oxygen atoms in total. The van der Waals surface area contributed by atoms with Crippen LogP contribution in [0.1, 0.15) is 11.4 Å². The zero-order valence-corrected chi connectivity index (χ0v) is 15.7. The molecule has 0 saturated carbocycles. The fraction of sp³-hybridized carbons (Fsp3) is 0.389. The minimum Gasteiger partial charge on any atom is -0.481 e. The zero-order chi connectivity index (χ0) is 18.8. The molecule has 0 aromatic carbocycles. The van der Waals surface area contributed by atoms with Crippen LogP contribution in [0.3, 0.4) is 0 Å². The van der Waals surface area contributed by atoms with E-state index in [1.54, 1.807) is 19.4 Å². The maximum Gasteiger partial charge on any atom is 0.228 e. The zero-order valence-electron chi connectivity index (χ0n) is 15.7. The molecule has 9 heteroatoms. The van der Waals surface area contributed by atoms with E-state index in [4.69, 9.17) is 4.74 Å². The second kappa shape index (κ2) is 7.18. The number of rotatable bonds is 4. The van der Waals surface area contributed by atoms with E-state index in [9.17, 15) is 0 Å². The first-order valence-corrected chi connectivity index (χ1v) is 8.88. The standard InChI is InChI=1S/C18H22N8O/c1-13-12-14(2)26(23-13)16-5-4-15(21-22-16)24-8-10-25(11-9-24)18-19-7-6-17(20-18)27-3/h4-7,12H,8-11H2,1-3H3. The second-order valence-corrected chi connectivity index (χ2v) is 6.46. The molecule has 4 rings (SSSR count). The van der Waals surface area contributed by atoms with E-state index in [1.165, 1.54) is 0 Å². The molecule has 0 bridgehead atoms. The summed E-state index contributed by atoms with van der Waals surface area (Å²) in [5, 5.41) is 13.2. The lowest BCUT2D eigenvalue weighted by molar-refractivity contribution is 0.396. The van der Waals surface area contributed by atoms with E-state index in [-0.39, 0.29) is 0 Å². The first kappa shape index (κ1) is 17.2. The van der Waals surface area contributed by atoms with Crippen LogP contribution in [-0.2, 0) is 0 Å². The molecule has 0 aliphatic carbocycles. The summed E-state index contributed by atoms with van der Waals surface area (Å²) in [6.07, 6.45) is 1.72. The number of aromatic nitrogens is 6. The van der Waals surface area contributed by atoms with Gasteiger partial charge < -0.3 is 14.5 Å². The summed E-state index contributed by atoms with van der Waals surface area (Å²) < 4.78 is 6.99. The molecule has 3 aromatic rings. The maximum absolute atomic E-state index is 5.18. The van der Waals surface area contributed by atoms with Gasteiger partial charge in [0.1, 0.15) is 0 Å². The summed E-state index contributed by atoms with van der Waals surface area (Å²) in [5.41, 5.74) is 2.01. The summed E-state index contributed by atoms with van der Waals surface area (Å²) in [7, 11) is 1.61. The highest BCUT2D eigenvalue weighted by Crippen LogP contribution is 2.18. The van der Waals surface area contributed by atoms with Crippen molar-refractivity contribution in [2.75, 3.05) is 43.1 Å². The quantitative estimate of drug-likeness (QED) is 0.685. The Morgan fingerprint density at radius 1 is 0.926 bits per heavy atom. The Morgan fingerprint density at radius 2 is 1.63 bits per heavy atom. The number of ether oxygens (including phenoxy) is 1. The average molecular weight is 366 g/mol. The van der Waals surface area contributed by atoms with Gasteiger partial charge in [-0.05, 0) is 32.0 Å². The topological polar surface area (TPSA) is 85.1 Å². The molecule has 140 valence electrons. The summed E-state index contributed by atoms with van der Waals surface area (Å²) in [5.74, 6) is 2.87. The van der Waals surface area contributed by atoms with Crippen LogP contribution in [0, 0.1) is 13.8 Å². The van der Waals surface area contributed by atoms with Gasteiger partial charge in [-0.25, -0.2) is 9.67 Å². The molecule has 1 fully saturated rings. The molecule has 3 aromatic heterocycles. The number of anilines is 2. The third-order valence-corrected chi connectivity index (χ3v) is 4.58. The SMILES string of the molecule is COc1ccnc(N2CCN(c3ccc(-n4nc(C)cc4C)nn3)CC2)n1. The van der Waals surface area contributed by atoms with Crippen LogP contribution in [0.4, 0.5) is 11.8 Å². The van der Waals surface area contributed by atoms with Crippen molar-refractivity contribution in [3.63, 3.8) is 0 Å². The molecule has 1 aliphatic heterocycles. The van der Waals surface area contributed by atoms with Gasteiger partial charge in [-0.3, -0.25) is 0 Å². The monoisotopic (exact) mass is 366 g/mol. The van der Waals surface area contributed by atoms with E-state index < -0.39 is 0 Å². The summed E-state index contributed by atoms with van der Waals surface area (Å²) in [4.78, 5) is 13.1. The van der Waals surface area contributed by atoms with Crippen molar-refractivity contribution in [2.45, 2.75) is 13.8 Å². The highest BCUT2D eigenvalue weighted by molar-refractivity contribution is 5.43. The number of methoxy groups -OCH3 is 1. The Balaban J connectivity index is 1.43. The Kier molecular flexibility index (Phi) is 4.57. The minimum absolute atomic E-state index is 0.577. The molecule has 0 unspecified atom stereocenters. The molecule has 0 N–H and O–H groups in total. The smallest absolute Gasteiger partial charge is 0.228 e. The third-order valence-electron chi connectivity index (χ3n) is 4.58. The van der Waals surface area contributed by atoms with Crippen molar-refractivity contribution >= 4 is 11.8 Å². The van der Waals surface area contributed by atoms with Crippen LogP contribution in [0.2, 0.25) is 0 Å². The van der Waals surface area contributed by atoms with Crippen molar-refractivity contribution in [3.05, 3.63) is 41.9 Å². The van der Waals surface area contributed by atoms with Gasteiger partial charge >= 0.3 is 0 Å². The van der Waals surface area contributed by atoms with Crippen molar-refractivity contribution in [3.8, 4) is 11.7 Å². The summed E-state index contributed by atoms with van der Waals surface area (Å²) in [6.45, 7) is 7.26. The second-order valence-electron chi connectivity index (χ2n) is 6.46. The first-order chi connectivity index (χ1) is 13.1. The fourth-order valence-corrected chi connectivity index (χ4v) is 3.19. The van der Waals surface area contributed by atoms with E-state index in [2.05, 4.69) is 35.1 Å². The number of nitrogens with zero attached hydrogens (tertiary/aromatic N) is 8. The molecule has 0 amide bonds. The average Bonchev–Trinajstić information content (AvgIpc) is 3.06. The lowest BCUT2D eigenvalue weighted by atomic mass is 10.3. The van der Waals surface area contributed by atoms with Gasteiger partial charge in [0, 0.05) is 44.1 Å². The van der Waals surface area contributed by atoms with Crippen LogP contribution in [-0.4, -0.2) is 63.2 Å². The number of aryl methyl sites for hydroxylation is 2. The lowest BCUT2D eigenvalue weighted by Gasteiger charge is -2.35. The molecular weight excluding hydrogens is 344 g/mol. The molecule has 0 spiro atoms. The van der Waals surface area contributed by atoms with Gasteiger partial charge in [-0.15, -0.1) is 10.2 Å². The van der Waals surface area contributed by atoms with E-state index >= 15 is 0 Å². The highest BCUT2D eigenvalue weighted by atomic mass is 16.5. The molecule has 1 aliphatic rings. The number of piperazine rings is 1. The van der Waals surface area contributed by atoms with Crippen LogP contribution >= 0.6 is 0 Å². The molecule has 27 heavy (non-hydrogen) atoms. The minimum atomic E-state index is 0.577. The molecule has 0 radical (unpaired) electrons. The van der Waals surface area contributed by atoms with Crippen LogP contribution < -0.4 is 14.5 Å². The van der Waals surface area contributed by atoms with Crippen LogP contribution in [0.15, 0.2) is 30.5 Å². The van der Waals surface area contributed by atoms with Crippen LogP contribution in [0.5, 0.6) is 5.88 Å². The largest absolute Gasteiger partial charge is 0.481 e. The normalized spacial score (nSPS) is 14.5. The van der Waals surface area contributed by atoms with Gasteiger partial charge in [0.2, 0.25) is 11.8 Å². The third kappa shape index (κ3) is 3.53. The van der Waals surface area contributed by atoms with E-state index in [0.29, 0.717) is 11.8 Å². The van der Waals surface area contributed by atoms with Crippen molar-refractivity contribution in [2.24, 2.45) is 0 Å². The lowest BCUT2D eigenvalue weighted by Crippen LogP contribution is -2.47. The predicted octanol–water partition coefficient (Wildman–Crippen LogP) is 1.40. The number of hydrogen-bond acceptors (Lipinski definition) is 8. The fourth-order valence-electron chi connectivity index (χ4n) is 3.19. The first-order valence-electron chi connectivity index (χ1n) is 8.88. The molecule has 0 atom stereocenters. The summed E-state index contributed by atoms with van der Waals surface area (Å²) in [6, 6.07) is 7.73. The molecule has 1 saturated heterocycles. The van der Waals surface area contributed by atoms with Gasteiger partial charge in [0.15, 0.2) is 11.6 Å². The molecule has 4 heterocycles. The van der Waals surface area contributed by atoms with Gasteiger partial charge in [-0.1, -0.05) is 0 Å². The van der Waals surface area contributed by atoms with Crippen LogP contribution in [0.25, 0.3) is 5.82 Å². The van der Waals surface area contributed by atoms with Gasteiger partial charge in [0.25, 0.3) is 0 Å². The predicted molar refractivity (Wildman–Crippen MR) is 102 cm³/mol. The van der Waals surface area contributed by atoms with Crippen molar-refractivity contribution in [1.29, 1.82) is 0 Å². The number of hydrogen-bond donors (Lipinski definition) is 0. The Labute approximate surface area is 157 Å². The Hall–Kier alpha value is -3.23. The Bertz CT molecular complexity index is 915. The van der Waals surface area contributed by atoms with Gasteiger partial charge in [-0.2, -0.15) is 10.1 Å². The maximum atomic E-state index is 5.18.